The zero-order chi connectivity index (χ0) is 14.7. The van der Waals surface area contributed by atoms with Gasteiger partial charge in [-0.25, -0.2) is 0 Å². The Morgan fingerprint density at radius 2 is 1.90 bits per heavy atom. The van der Waals surface area contributed by atoms with Gasteiger partial charge >= 0.3 is 0 Å². The van der Waals surface area contributed by atoms with Gasteiger partial charge in [0.1, 0.15) is 17.3 Å². The standard InChI is InChI=1S/C18H20N2O/c1-3-19-18(20-4-2)15-10-9-14-11-13-7-5-6-8-16(13)21-17(14)12-15/h5-10,12H,3-4,11H2,1-2H3,(H,19,20). The minimum atomic E-state index is 0.767. The number of hydrogen-bond donors (Lipinski definition) is 1. The topological polar surface area (TPSA) is 33.6 Å². The molecule has 3 heteroatoms. The summed E-state index contributed by atoms with van der Waals surface area (Å²) in [4.78, 5) is 4.53. The Hall–Kier alpha value is -2.29. The first kappa shape index (κ1) is 13.7. The highest BCUT2D eigenvalue weighted by Gasteiger charge is 2.17. The van der Waals surface area contributed by atoms with E-state index in [0.29, 0.717) is 0 Å². The molecule has 0 radical (unpaired) electrons. The van der Waals surface area contributed by atoms with Crippen LogP contribution in [0, 0.1) is 0 Å². The maximum Gasteiger partial charge on any atom is 0.131 e. The number of para-hydroxylation sites is 1. The minimum absolute atomic E-state index is 0.767. The van der Waals surface area contributed by atoms with E-state index in [1.54, 1.807) is 0 Å². The molecule has 1 aliphatic heterocycles. The summed E-state index contributed by atoms with van der Waals surface area (Å²) in [6, 6.07) is 14.6. The van der Waals surface area contributed by atoms with Crippen LogP contribution >= 0.6 is 0 Å². The molecule has 0 spiro atoms. The van der Waals surface area contributed by atoms with Crippen LogP contribution in [0.3, 0.4) is 0 Å². The van der Waals surface area contributed by atoms with E-state index in [1.807, 2.05) is 19.1 Å². The number of ether oxygens (including phenoxy) is 1. The van der Waals surface area contributed by atoms with Gasteiger partial charge in [0.15, 0.2) is 0 Å². The summed E-state index contributed by atoms with van der Waals surface area (Å²) < 4.78 is 6.04. The third kappa shape index (κ3) is 2.77. The maximum absolute atomic E-state index is 6.04. The summed E-state index contributed by atoms with van der Waals surface area (Å²) in [6.07, 6.45) is 0.924. The van der Waals surface area contributed by atoms with Gasteiger partial charge in [0, 0.05) is 25.1 Å². The van der Waals surface area contributed by atoms with Gasteiger partial charge in [-0.3, -0.25) is 4.99 Å². The zero-order valence-electron chi connectivity index (χ0n) is 12.5. The second kappa shape index (κ2) is 6.00. The van der Waals surface area contributed by atoms with Crippen molar-refractivity contribution in [1.29, 1.82) is 0 Å². The van der Waals surface area contributed by atoms with Gasteiger partial charge in [-0.1, -0.05) is 30.3 Å². The first-order valence-corrected chi connectivity index (χ1v) is 7.49. The summed E-state index contributed by atoms with van der Waals surface area (Å²) >= 11 is 0. The lowest BCUT2D eigenvalue weighted by atomic mass is 9.99. The highest BCUT2D eigenvalue weighted by atomic mass is 16.5. The molecule has 1 heterocycles. The van der Waals surface area contributed by atoms with Gasteiger partial charge in [0.2, 0.25) is 0 Å². The highest BCUT2D eigenvalue weighted by molar-refractivity contribution is 5.99. The van der Waals surface area contributed by atoms with Crippen molar-refractivity contribution in [1.82, 2.24) is 5.32 Å². The fourth-order valence-corrected chi connectivity index (χ4v) is 2.59. The second-order valence-electron chi connectivity index (χ2n) is 5.06. The summed E-state index contributed by atoms with van der Waals surface area (Å²) in [5.41, 5.74) is 3.55. The predicted molar refractivity (Wildman–Crippen MR) is 86.5 cm³/mol. The van der Waals surface area contributed by atoms with E-state index in [0.717, 1.165) is 42.4 Å². The fourth-order valence-electron chi connectivity index (χ4n) is 2.59. The first-order chi connectivity index (χ1) is 10.3. The molecular weight excluding hydrogens is 260 g/mol. The van der Waals surface area contributed by atoms with E-state index in [1.165, 1.54) is 11.1 Å². The van der Waals surface area contributed by atoms with Crippen LogP contribution in [0.15, 0.2) is 47.5 Å². The maximum atomic E-state index is 6.04. The molecule has 0 saturated heterocycles. The van der Waals surface area contributed by atoms with Crippen molar-refractivity contribution in [2.75, 3.05) is 13.1 Å². The largest absolute Gasteiger partial charge is 0.457 e. The monoisotopic (exact) mass is 280 g/mol. The molecule has 0 aromatic heterocycles. The van der Waals surface area contributed by atoms with E-state index in [9.17, 15) is 0 Å². The molecule has 1 N–H and O–H groups in total. The molecule has 0 bridgehead atoms. The van der Waals surface area contributed by atoms with Crippen LogP contribution in [-0.4, -0.2) is 18.9 Å². The van der Waals surface area contributed by atoms with Crippen molar-refractivity contribution in [3.05, 3.63) is 59.2 Å². The average molecular weight is 280 g/mol. The number of nitrogens with one attached hydrogen (secondary N) is 1. The molecule has 3 nitrogen and oxygen atoms in total. The predicted octanol–water partition coefficient (Wildman–Crippen LogP) is 3.76. The molecule has 21 heavy (non-hydrogen) atoms. The van der Waals surface area contributed by atoms with E-state index in [2.05, 4.69) is 47.6 Å². The van der Waals surface area contributed by atoms with Crippen LogP contribution in [0.5, 0.6) is 11.5 Å². The lowest BCUT2D eigenvalue weighted by Crippen LogP contribution is -2.24. The lowest BCUT2D eigenvalue weighted by molar-refractivity contribution is 0.460. The molecule has 1 aliphatic rings. The van der Waals surface area contributed by atoms with Crippen molar-refractivity contribution >= 4 is 5.84 Å². The third-order valence-electron chi connectivity index (χ3n) is 3.57. The van der Waals surface area contributed by atoms with Crippen molar-refractivity contribution in [2.45, 2.75) is 20.3 Å². The molecular formula is C18H20N2O. The van der Waals surface area contributed by atoms with Crippen molar-refractivity contribution in [3.8, 4) is 11.5 Å². The Morgan fingerprint density at radius 1 is 1.10 bits per heavy atom. The molecule has 0 fully saturated rings. The Labute approximate surface area is 125 Å². The number of aliphatic imine (C=N–C) groups is 1. The molecule has 108 valence electrons. The summed E-state index contributed by atoms with van der Waals surface area (Å²) in [7, 11) is 0. The van der Waals surface area contributed by atoms with Crippen molar-refractivity contribution < 1.29 is 4.74 Å². The van der Waals surface area contributed by atoms with Crippen LogP contribution in [0.25, 0.3) is 0 Å². The van der Waals surface area contributed by atoms with Crippen molar-refractivity contribution in [2.24, 2.45) is 4.99 Å². The number of fused-ring (bicyclic) bond motifs is 2. The van der Waals surface area contributed by atoms with Crippen LogP contribution in [-0.2, 0) is 6.42 Å². The second-order valence-corrected chi connectivity index (χ2v) is 5.06. The Balaban J connectivity index is 1.94. The smallest absolute Gasteiger partial charge is 0.131 e. The number of nitrogens with zero attached hydrogens (tertiary/aromatic N) is 1. The van der Waals surface area contributed by atoms with Crippen LogP contribution in [0.2, 0.25) is 0 Å². The van der Waals surface area contributed by atoms with E-state index >= 15 is 0 Å². The third-order valence-corrected chi connectivity index (χ3v) is 3.57. The normalized spacial score (nSPS) is 13.1. The van der Waals surface area contributed by atoms with E-state index in [-0.39, 0.29) is 0 Å². The number of amidine groups is 1. The van der Waals surface area contributed by atoms with Gasteiger partial charge in [0.25, 0.3) is 0 Å². The Bertz CT molecular complexity index is 677. The van der Waals surface area contributed by atoms with E-state index < -0.39 is 0 Å². The van der Waals surface area contributed by atoms with Crippen molar-refractivity contribution in [3.63, 3.8) is 0 Å². The molecule has 0 aliphatic carbocycles. The van der Waals surface area contributed by atoms with Gasteiger partial charge in [-0.05, 0) is 37.1 Å². The molecule has 0 unspecified atom stereocenters. The molecule has 0 atom stereocenters. The van der Waals surface area contributed by atoms with E-state index in [4.69, 9.17) is 4.74 Å². The quantitative estimate of drug-likeness (QED) is 0.585. The Kier molecular flexibility index (Phi) is 3.91. The first-order valence-electron chi connectivity index (χ1n) is 7.49. The van der Waals surface area contributed by atoms with Gasteiger partial charge < -0.3 is 10.1 Å². The zero-order valence-corrected chi connectivity index (χ0v) is 12.5. The van der Waals surface area contributed by atoms with Gasteiger partial charge in [0.05, 0.1) is 0 Å². The summed E-state index contributed by atoms with van der Waals surface area (Å²) in [5.74, 6) is 2.83. The number of hydrogen-bond acceptors (Lipinski definition) is 2. The minimum Gasteiger partial charge on any atom is -0.457 e. The number of benzene rings is 2. The lowest BCUT2D eigenvalue weighted by Gasteiger charge is -2.21. The van der Waals surface area contributed by atoms with Crippen LogP contribution < -0.4 is 10.1 Å². The van der Waals surface area contributed by atoms with Gasteiger partial charge in [-0.15, -0.1) is 0 Å². The van der Waals surface area contributed by atoms with Crippen LogP contribution in [0.1, 0.15) is 30.5 Å². The van der Waals surface area contributed by atoms with Gasteiger partial charge in [-0.2, -0.15) is 0 Å². The molecule has 0 amide bonds. The number of rotatable bonds is 3. The molecule has 3 rings (SSSR count). The molecule has 2 aromatic carbocycles. The van der Waals surface area contributed by atoms with Crippen LogP contribution in [0.4, 0.5) is 0 Å². The SMILES string of the molecule is CCN=C(NCC)c1ccc2c(c1)Oc1ccccc1C2. The molecule has 2 aromatic rings. The summed E-state index contributed by atoms with van der Waals surface area (Å²) in [6.45, 7) is 5.75. The molecule has 0 saturated carbocycles. The fraction of sp³-hybridized carbons (Fsp3) is 0.278. The Morgan fingerprint density at radius 3 is 2.71 bits per heavy atom. The summed E-state index contributed by atoms with van der Waals surface area (Å²) in [5, 5.41) is 3.32. The average Bonchev–Trinajstić information content (AvgIpc) is 2.52. The highest BCUT2D eigenvalue weighted by Crippen LogP contribution is 2.36.